The van der Waals surface area contributed by atoms with Gasteiger partial charge in [0, 0.05) is 18.9 Å². The van der Waals surface area contributed by atoms with Crippen LogP contribution in [0.1, 0.15) is 43.8 Å². The lowest BCUT2D eigenvalue weighted by atomic mass is 10.0. The summed E-state index contributed by atoms with van der Waals surface area (Å²) in [5.41, 5.74) is 0. The number of fused-ring (bicyclic) bond motifs is 5. The molecular weight excluding hydrogens is 244 g/mol. The molecule has 4 atom stereocenters. The molecule has 0 amide bonds. The fourth-order valence-corrected chi connectivity index (χ4v) is 4.66. The first-order valence-electron chi connectivity index (χ1n) is 7.23. The summed E-state index contributed by atoms with van der Waals surface area (Å²) in [6.45, 7) is 0.625. The lowest BCUT2D eigenvalue weighted by Crippen LogP contribution is -2.10. The normalized spacial score (nSPS) is 38.4. The Bertz CT molecular complexity index is 498. The van der Waals surface area contributed by atoms with Gasteiger partial charge in [0.15, 0.2) is 5.82 Å². The molecule has 3 aliphatic carbocycles. The van der Waals surface area contributed by atoms with E-state index in [1.807, 2.05) is 4.68 Å². The maximum atomic E-state index is 10.6. The Morgan fingerprint density at radius 3 is 2.74 bits per heavy atom. The molecule has 1 N–H and O–H groups in total. The summed E-state index contributed by atoms with van der Waals surface area (Å²) in [7, 11) is 0. The van der Waals surface area contributed by atoms with E-state index in [1.54, 1.807) is 0 Å². The number of hydrogen-bond acceptors (Lipinski definition) is 4. The fraction of sp³-hybridized carbons (Fsp3) is 0.846. The molecule has 1 aromatic heterocycles. The van der Waals surface area contributed by atoms with Crippen LogP contribution in [-0.2, 0) is 11.3 Å². The molecule has 3 fully saturated rings. The minimum atomic E-state index is -0.754. The predicted molar refractivity (Wildman–Crippen MR) is 65.2 cm³/mol. The van der Waals surface area contributed by atoms with E-state index in [4.69, 9.17) is 5.11 Å². The van der Waals surface area contributed by atoms with Crippen molar-refractivity contribution in [3.63, 3.8) is 0 Å². The highest BCUT2D eigenvalue weighted by molar-refractivity contribution is 5.66. The van der Waals surface area contributed by atoms with E-state index in [0.29, 0.717) is 18.9 Å². The molecule has 0 radical (unpaired) electrons. The van der Waals surface area contributed by atoms with Gasteiger partial charge in [0.25, 0.3) is 0 Å². The zero-order chi connectivity index (χ0) is 13.0. The molecule has 4 unspecified atom stereocenters. The standard InChI is InChI=1S/C13H18N4O2/c18-9(19)2-1-5-17-13(14-15-16-17)12-10-7-3-4-8(6-7)11(10)12/h7-8,10-12H,1-6H2,(H,18,19). The van der Waals surface area contributed by atoms with Crippen molar-refractivity contribution in [1.82, 2.24) is 20.2 Å². The van der Waals surface area contributed by atoms with E-state index in [2.05, 4.69) is 15.5 Å². The molecule has 102 valence electrons. The number of aryl methyl sites for hydroxylation is 1. The Kier molecular flexibility index (Phi) is 2.40. The predicted octanol–water partition coefficient (Wildman–Crippen LogP) is 1.30. The summed E-state index contributed by atoms with van der Waals surface area (Å²) in [4.78, 5) is 10.6. The van der Waals surface area contributed by atoms with Gasteiger partial charge in [-0.2, -0.15) is 0 Å². The van der Waals surface area contributed by atoms with Crippen LogP contribution in [0.3, 0.4) is 0 Å². The summed E-state index contributed by atoms with van der Waals surface area (Å²) in [6, 6.07) is 0. The molecule has 0 aromatic carbocycles. The second kappa shape index (κ2) is 4.02. The molecule has 2 bridgehead atoms. The van der Waals surface area contributed by atoms with Crippen LogP contribution in [0.2, 0.25) is 0 Å². The summed E-state index contributed by atoms with van der Waals surface area (Å²) >= 11 is 0. The minimum Gasteiger partial charge on any atom is -0.481 e. The smallest absolute Gasteiger partial charge is 0.303 e. The third-order valence-electron chi connectivity index (χ3n) is 5.35. The van der Waals surface area contributed by atoms with E-state index in [1.165, 1.54) is 19.3 Å². The topological polar surface area (TPSA) is 80.9 Å². The van der Waals surface area contributed by atoms with Gasteiger partial charge in [-0.1, -0.05) is 0 Å². The molecule has 0 spiro atoms. The SMILES string of the molecule is O=C(O)CCCn1nnnc1C1C2C3CCC(C3)C12. The van der Waals surface area contributed by atoms with Crippen molar-refractivity contribution < 1.29 is 9.90 Å². The average Bonchev–Trinajstić information content (AvgIpc) is 2.78. The number of aromatic nitrogens is 4. The highest BCUT2D eigenvalue weighted by Crippen LogP contribution is 2.72. The molecule has 6 nitrogen and oxygen atoms in total. The first-order chi connectivity index (χ1) is 9.25. The lowest BCUT2D eigenvalue weighted by Gasteiger charge is -2.08. The molecule has 4 rings (SSSR count). The van der Waals surface area contributed by atoms with E-state index in [0.717, 1.165) is 29.5 Å². The monoisotopic (exact) mass is 262 g/mol. The van der Waals surface area contributed by atoms with Gasteiger partial charge in [0.1, 0.15) is 0 Å². The van der Waals surface area contributed by atoms with Gasteiger partial charge in [-0.05, 0) is 59.8 Å². The van der Waals surface area contributed by atoms with E-state index >= 15 is 0 Å². The first-order valence-corrected chi connectivity index (χ1v) is 7.23. The minimum absolute atomic E-state index is 0.183. The molecule has 1 aromatic rings. The molecule has 1 heterocycles. The number of aliphatic carboxylic acids is 1. The van der Waals surface area contributed by atoms with Gasteiger partial charge >= 0.3 is 5.97 Å². The van der Waals surface area contributed by atoms with Gasteiger partial charge in [-0.15, -0.1) is 5.10 Å². The summed E-state index contributed by atoms with van der Waals surface area (Å²) in [5.74, 6) is 4.28. The summed E-state index contributed by atoms with van der Waals surface area (Å²) in [6.07, 6.45) is 4.99. The van der Waals surface area contributed by atoms with E-state index in [9.17, 15) is 4.79 Å². The number of carboxylic acids is 1. The number of carboxylic acid groups (broad SMARTS) is 1. The van der Waals surface area contributed by atoms with Crippen molar-refractivity contribution in [3.05, 3.63) is 5.82 Å². The molecule has 6 heteroatoms. The van der Waals surface area contributed by atoms with Crippen LogP contribution < -0.4 is 0 Å². The van der Waals surface area contributed by atoms with Crippen LogP contribution in [-0.4, -0.2) is 31.3 Å². The quantitative estimate of drug-likeness (QED) is 0.865. The zero-order valence-electron chi connectivity index (χ0n) is 10.8. The van der Waals surface area contributed by atoms with Crippen molar-refractivity contribution >= 4 is 5.97 Å². The molecule has 3 saturated carbocycles. The Hall–Kier alpha value is -1.46. The van der Waals surface area contributed by atoms with Crippen LogP contribution in [0, 0.1) is 23.7 Å². The third kappa shape index (κ3) is 1.69. The van der Waals surface area contributed by atoms with Gasteiger partial charge < -0.3 is 5.11 Å². The number of rotatable bonds is 5. The van der Waals surface area contributed by atoms with Crippen LogP contribution in [0.5, 0.6) is 0 Å². The molecule has 3 aliphatic rings. The van der Waals surface area contributed by atoms with E-state index < -0.39 is 5.97 Å². The largest absolute Gasteiger partial charge is 0.481 e. The number of tetrazole rings is 1. The first kappa shape index (κ1) is 11.4. The number of carbonyl (C=O) groups is 1. The Balaban J connectivity index is 1.45. The Labute approximate surface area is 111 Å². The van der Waals surface area contributed by atoms with Gasteiger partial charge in [0.05, 0.1) is 0 Å². The summed E-state index contributed by atoms with van der Waals surface area (Å²) < 4.78 is 1.84. The second-order valence-corrected chi connectivity index (χ2v) is 6.27. The van der Waals surface area contributed by atoms with E-state index in [-0.39, 0.29) is 6.42 Å². The Morgan fingerprint density at radius 2 is 2.05 bits per heavy atom. The molecular formula is C13H18N4O2. The van der Waals surface area contributed by atoms with Crippen LogP contribution in [0.15, 0.2) is 0 Å². The van der Waals surface area contributed by atoms with Crippen molar-refractivity contribution in [3.8, 4) is 0 Å². The van der Waals surface area contributed by atoms with Gasteiger partial charge in [-0.25, -0.2) is 4.68 Å². The number of nitrogens with zero attached hydrogens (tertiary/aromatic N) is 4. The second-order valence-electron chi connectivity index (χ2n) is 6.27. The van der Waals surface area contributed by atoms with Crippen molar-refractivity contribution in [2.45, 2.75) is 44.6 Å². The van der Waals surface area contributed by atoms with Crippen molar-refractivity contribution in [2.24, 2.45) is 23.7 Å². The maximum Gasteiger partial charge on any atom is 0.303 e. The molecule has 0 aliphatic heterocycles. The van der Waals surface area contributed by atoms with Crippen LogP contribution in [0.25, 0.3) is 0 Å². The Morgan fingerprint density at radius 1 is 1.32 bits per heavy atom. The van der Waals surface area contributed by atoms with Crippen LogP contribution in [0.4, 0.5) is 0 Å². The third-order valence-corrected chi connectivity index (χ3v) is 5.35. The number of hydrogen-bond donors (Lipinski definition) is 1. The van der Waals surface area contributed by atoms with Crippen molar-refractivity contribution in [1.29, 1.82) is 0 Å². The van der Waals surface area contributed by atoms with Crippen LogP contribution >= 0.6 is 0 Å². The summed E-state index contributed by atoms with van der Waals surface area (Å²) in [5, 5.41) is 20.7. The zero-order valence-corrected chi connectivity index (χ0v) is 10.8. The highest BCUT2D eigenvalue weighted by Gasteiger charge is 2.66. The average molecular weight is 262 g/mol. The highest BCUT2D eigenvalue weighted by atomic mass is 16.4. The molecule has 0 saturated heterocycles. The van der Waals surface area contributed by atoms with Gasteiger partial charge in [0.2, 0.25) is 0 Å². The van der Waals surface area contributed by atoms with Gasteiger partial charge in [-0.3, -0.25) is 4.79 Å². The van der Waals surface area contributed by atoms with Crippen molar-refractivity contribution in [2.75, 3.05) is 0 Å². The fourth-order valence-electron chi connectivity index (χ4n) is 4.66. The molecule has 19 heavy (non-hydrogen) atoms. The lowest BCUT2D eigenvalue weighted by molar-refractivity contribution is -0.137. The maximum absolute atomic E-state index is 10.6.